The number of halogens is 1. The summed E-state index contributed by atoms with van der Waals surface area (Å²) >= 11 is 0. The number of alkyl carbamates (subject to hydrolysis) is 1. The number of benzene rings is 1. The van der Waals surface area contributed by atoms with Crippen molar-refractivity contribution in [3.63, 3.8) is 0 Å². The lowest BCUT2D eigenvalue weighted by molar-refractivity contribution is -0.134. The number of nitrogens with zero attached hydrogens (tertiary/aromatic N) is 2. The molecule has 0 aliphatic carbocycles. The molecule has 1 aromatic carbocycles. The molecule has 1 unspecified atom stereocenters. The van der Waals surface area contributed by atoms with Gasteiger partial charge in [-0.2, -0.15) is 0 Å². The Bertz CT molecular complexity index is 796. The Balaban J connectivity index is 1.73. The molecule has 0 bridgehead atoms. The molecule has 0 aromatic heterocycles. The van der Waals surface area contributed by atoms with Gasteiger partial charge in [0.1, 0.15) is 11.4 Å². The van der Waals surface area contributed by atoms with Gasteiger partial charge in [0.2, 0.25) is 11.8 Å². The Morgan fingerprint density at radius 1 is 1.19 bits per heavy atom. The molecule has 1 saturated heterocycles. The number of likely N-dealkylation sites (N-methyl/N-ethyl adjacent to an activating group) is 1. The molecule has 1 aliphatic heterocycles. The zero-order valence-electron chi connectivity index (χ0n) is 19.4. The van der Waals surface area contributed by atoms with Crippen molar-refractivity contribution < 1.29 is 23.5 Å². The molecule has 3 amide bonds. The Hall–Kier alpha value is -2.68. The summed E-state index contributed by atoms with van der Waals surface area (Å²) in [7, 11) is 1.65. The third kappa shape index (κ3) is 8.82. The summed E-state index contributed by atoms with van der Waals surface area (Å²) in [6.45, 7) is 7.55. The standard InChI is InChI=1S/C23H35FN4O4/c1-23(2,3)32-22(31)26-12-11-25-21(30)18-9-7-13-28(15-18)16-20(29)27(4)14-17-8-5-6-10-19(17)24/h5-6,8,10,18H,7,9,11-16H2,1-4H3,(H,25,30)(H,26,31). The van der Waals surface area contributed by atoms with Crippen LogP contribution in [0.15, 0.2) is 24.3 Å². The van der Waals surface area contributed by atoms with Crippen LogP contribution in [-0.4, -0.2) is 73.1 Å². The Morgan fingerprint density at radius 3 is 2.56 bits per heavy atom. The normalized spacial score (nSPS) is 16.8. The zero-order chi connectivity index (χ0) is 23.7. The molecule has 1 aliphatic rings. The summed E-state index contributed by atoms with van der Waals surface area (Å²) in [5.41, 5.74) is -0.0983. The lowest BCUT2D eigenvalue weighted by atomic mass is 9.97. The molecule has 178 valence electrons. The number of carbonyl (C=O) groups excluding carboxylic acids is 3. The van der Waals surface area contributed by atoms with Crippen LogP contribution in [0.1, 0.15) is 39.2 Å². The maximum atomic E-state index is 13.8. The van der Waals surface area contributed by atoms with E-state index in [0.717, 1.165) is 19.4 Å². The summed E-state index contributed by atoms with van der Waals surface area (Å²) in [5, 5.41) is 5.44. The maximum Gasteiger partial charge on any atom is 0.407 e. The SMILES string of the molecule is CN(Cc1ccccc1F)C(=O)CN1CCCC(C(=O)NCCNC(=O)OC(C)(C)C)C1. The predicted octanol–water partition coefficient (Wildman–Crippen LogP) is 2.14. The Kier molecular flexibility index (Phi) is 9.43. The number of nitrogens with one attached hydrogen (secondary N) is 2. The van der Waals surface area contributed by atoms with Crippen molar-refractivity contribution >= 4 is 17.9 Å². The van der Waals surface area contributed by atoms with Crippen LogP contribution < -0.4 is 10.6 Å². The minimum atomic E-state index is -0.570. The average molecular weight is 451 g/mol. The van der Waals surface area contributed by atoms with E-state index in [-0.39, 0.29) is 43.2 Å². The van der Waals surface area contributed by atoms with Gasteiger partial charge in [-0.1, -0.05) is 18.2 Å². The quantitative estimate of drug-likeness (QED) is 0.592. The van der Waals surface area contributed by atoms with E-state index >= 15 is 0 Å². The predicted molar refractivity (Wildman–Crippen MR) is 119 cm³/mol. The van der Waals surface area contributed by atoms with Gasteiger partial charge in [-0.05, 0) is 46.2 Å². The van der Waals surface area contributed by atoms with Crippen LogP contribution in [0.2, 0.25) is 0 Å². The minimum absolute atomic E-state index is 0.0900. The molecule has 1 aromatic rings. The van der Waals surface area contributed by atoms with E-state index in [1.54, 1.807) is 46.0 Å². The van der Waals surface area contributed by atoms with Gasteiger partial charge in [0.25, 0.3) is 0 Å². The van der Waals surface area contributed by atoms with Crippen molar-refractivity contribution in [3.05, 3.63) is 35.6 Å². The molecule has 8 nitrogen and oxygen atoms in total. The highest BCUT2D eigenvalue weighted by atomic mass is 19.1. The molecular weight excluding hydrogens is 415 g/mol. The average Bonchev–Trinajstić information content (AvgIpc) is 2.71. The van der Waals surface area contributed by atoms with E-state index in [1.807, 2.05) is 4.90 Å². The maximum absolute atomic E-state index is 13.8. The van der Waals surface area contributed by atoms with Gasteiger partial charge in [0.15, 0.2) is 0 Å². The lowest BCUT2D eigenvalue weighted by Gasteiger charge is -2.32. The molecule has 2 N–H and O–H groups in total. The first-order chi connectivity index (χ1) is 15.0. The third-order valence-corrected chi connectivity index (χ3v) is 5.12. The van der Waals surface area contributed by atoms with Crippen LogP contribution >= 0.6 is 0 Å². The van der Waals surface area contributed by atoms with Crippen LogP contribution in [0.3, 0.4) is 0 Å². The smallest absolute Gasteiger partial charge is 0.407 e. The van der Waals surface area contributed by atoms with Gasteiger partial charge >= 0.3 is 6.09 Å². The first-order valence-corrected chi connectivity index (χ1v) is 11.0. The van der Waals surface area contributed by atoms with E-state index in [9.17, 15) is 18.8 Å². The number of amides is 3. The summed E-state index contributed by atoms with van der Waals surface area (Å²) in [6, 6.07) is 6.41. The van der Waals surface area contributed by atoms with Gasteiger partial charge < -0.3 is 20.3 Å². The van der Waals surface area contributed by atoms with Gasteiger partial charge in [-0.3, -0.25) is 14.5 Å². The number of hydrogen-bond donors (Lipinski definition) is 2. The van der Waals surface area contributed by atoms with Crippen molar-refractivity contribution in [3.8, 4) is 0 Å². The van der Waals surface area contributed by atoms with Gasteiger partial charge in [0.05, 0.1) is 12.5 Å². The summed E-state index contributed by atoms with van der Waals surface area (Å²) in [6.07, 6.45) is 1.05. The monoisotopic (exact) mass is 450 g/mol. The van der Waals surface area contributed by atoms with E-state index in [4.69, 9.17) is 4.74 Å². The van der Waals surface area contributed by atoms with Crippen LogP contribution in [0.25, 0.3) is 0 Å². The number of hydrogen-bond acceptors (Lipinski definition) is 5. The topological polar surface area (TPSA) is 91.0 Å². The van der Waals surface area contributed by atoms with Gasteiger partial charge in [-0.15, -0.1) is 0 Å². The molecule has 0 saturated carbocycles. The lowest BCUT2D eigenvalue weighted by Crippen LogP contribution is -2.47. The fourth-order valence-electron chi connectivity index (χ4n) is 3.50. The highest BCUT2D eigenvalue weighted by molar-refractivity contribution is 5.80. The van der Waals surface area contributed by atoms with Crippen LogP contribution in [0.5, 0.6) is 0 Å². The van der Waals surface area contributed by atoms with Crippen molar-refractivity contribution in [1.82, 2.24) is 20.4 Å². The molecule has 2 rings (SSSR count). The molecular formula is C23H35FN4O4. The van der Waals surface area contributed by atoms with E-state index in [1.165, 1.54) is 11.0 Å². The number of likely N-dealkylation sites (tertiary alicyclic amines) is 1. The van der Waals surface area contributed by atoms with E-state index in [2.05, 4.69) is 10.6 Å². The molecule has 0 spiro atoms. The largest absolute Gasteiger partial charge is 0.444 e. The second kappa shape index (κ2) is 11.8. The Morgan fingerprint density at radius 2 is 1.88 bits per heavy atom. The Labute approximate surface area is 189 Å². The summed E-state index contributed by atoms with van der Waals surface area (Å²) in [4.78, 5) is 40.2. The molecule has 1 heterocycles. The fourth-order valence-corrected chi connectivity index (χ4v) is 3.50. The first-order valence-electron chi connectivity index (χ1n) is 11.0. The number of carbonyl (C=O) groups is 3. The van der Waals surface area contributed by atoms with Crippen molar-refractivity contribution in [2.75, 3.05) is 39.8 Å². The molecule has 1 fully saturated rings. The summed E-state index contributed by atoms with van der Waals surface area (Å²) < 4.78 is 19.0. The zero-order valence-corrected chi connectivity index (χ0v) is 19.4. The molecule has 9 heteroatoms. The molecule has 1 atom stereocenters. The van der Waals surface area contributed by atoms with Crippen molar-refractivity contribution in [2.24, 2.45) is 5.92 Å². The van der Waals surface area contributed by atoms with Crippen LogP contribution in [0.4, 0.5) is 9.18 Å². The third-order valence-electron chi connectivity index (χ3n) is 5.12. The second-order valence-corrected chi connectivity index (χ2v) is 9.14. The van der Waals surface area contributed by atoms with Crippen LogP contribution in [-0.2, 0) is 20.9 Å². The number of piperidine rings is 1. The van der Waals surface area contributed by atoms with Crippen LogP contribution in [0, 0.1) is 11.7 Å². The first kappa shape index (κ1) is 25.6. The number of rotatable bonds is 8. The van der Waals surface area contributed by atoms with Crippen molar-refractivity contribution in [2.45, 2.75) is 45.8 Å². The molecule has 32 heavy (non-hydrogen) atoms. The van der Waals surface area contributed by atoms with Gasteiger partial charge in [-0.25, -0.2) is 9.18 Å². The molecule has 0 radical (unpaired) electrons. The minimum Gasteiger partial charge on any atom is -0.444 e. The second-order valence-electron chi connectivity index (χ2n) is 9.14. The van der Waals surface area contributed by atoms with E-state index in [0.29, 0.717) is 18.7 Å². The van der Waals surface area contributed by atoms with E-state index < -0.39 is 11.7 Å². The highest BCUT2D eigenvalue weighted by Gasteiger charge is 2.27. The fraction of sp³-hybridized carbons (Fsp3) is 0.609. The van der Waals surface area contributed by atoms with Gasteiger partial charge in [0, 0.05) is 38.8 Å². The summed E-state index contributed by atoms with van der Waals surface area (Å²) in [5.74, 6) is -0.748. The number of ether oxygens (including phenoxy) is 1. The van der Waals surface area contributed by atoms with Crippen molar-refractivity contribution in [1.29, 1.82) is 0 Å². The highest BCUT2D eigenvalue weighted by Crippen LogP contribution is 2.17.